The molecule has 8 nitrogen and oxygen atoms in total. The third kappa shape index (κ3) is 6.54. The maximum absolute atomic E-state index is 13.0. The zero-order chi connectivity index (χ0) is 24.0. The summed E-state index contributed by atoms with van der Waals surface area (Å²) in [7, 11) is 0. The van der Waals surface area contributed by atoms with Crippen LogP contribution in [0.1, 0.15) is 60.5 Å². The summed E-state index contributed by atoms with van der Waals surface area (Å²) in [6.45, 7) is 9.61. The fourth-order valence-corrected chi connectivity index (χ4v) is 3.56. The average Bonchev–Trinajstić information content (AvgIpc) is 3.16. The minimum absolute atomic E-state index is 0.00703. The first-order valence-corrected chi connectivity index (χ1v) is 11.5. The number of pyridine rings is 2. The van der Waals surface area contributed by atoms with Gasteiger partial charge in [0.05, 0.1) is 5.69 Å². The normalized spacial score (nSPS) is 11.3. The van der Waals surface area contributed by atoms with Gasteiger partial charge in [-0.3, -0.25) is 14.4 Å². The highest BCUT2D eigenvalue weighted by Gasteiger charge is 2.19. The first-order chi connectivity index (χ1) is 15.7. The fraction of sp³-hybridized carbons (Fsp3) is 0.440. The molecule has 2 N–H and O–H groups in total. The van der Waals surface area contributed by atoms with Gasteiger partial charge in [-0.25, -0.2) is 4.98 Å². The number of carbonyl (C=O) groups is 2. The summed E-state index contributed by atoms with van der Waals surface area (Å²) < 4.78 is 3.67. The monoisotopic (exact) mass is 451 g/mol. The lowest BCUT2D eigenvalue weighted by Crippen LogP contribution is -2.36. The maximum Gasteiger partial charge on any atom is 0.256 e. The van der Waals surface area contributed by atoms with Gasteiger partial charge in [0.25, 0.3) is 11.8 Å². The van der Waals surface area contributed by atoms with Gasteiger partial charge in [0.15, 0.2) is 0 Å². The number of nitrogens with one attached hydrogen (secondary N) is 2. The second-order valence-corrected chi connectivity index (χ2v) is 9.15. The first kappa shape index (κ1) is 24.2. The summed E-state index contributed by atoms with van der Waals surface area (Å²) in [5.74, 6) is -0.209. The second kappa shape index (κ2) is 10.9. The van der Waals surface area contributed by atoms with Gasteiger partial charge in [0.1, 0.15) is 16.8 Å². The Hall–Kier alpha value is -3.42. The van der Waals surface area contributed by atoms with E-state index >= 15 is 0 Å². The van der Waals surface area contributed by atoms with E-state index in [4.69, 9.17) is 0 Å². The van der Waals surface area contributed by atoms with Crippen LogP contribution in [0, 0.1) is 11.8 Å². The number of aromatic nitrogens is 3. The van der Waals surface area contributed by atoms with E-state index < -0.39 is 17.2 Å². The number of imidazole rings is 1. The van der Waals surface area contributed by atoms with Gasteiger partial charge < -0.3 is 19.6 Å². The molecule has 33 heavy (non-hydrogen) atoms. The molecule has 0 aliphatic rings. The van der Waals surface area contributed by atoms with Gasteiger partial charge in [-0.2, -0.15) is 0 Å². The average molecular weight is 452 g/mol. The van der Waals surface area contributed by atoms with Crippen molar-refractivity contribution in [2.45, 2.75) is 47.1 Å². The zero-order valence-corrected chi connectivity index (χ0v) is 19.8. The predicted octanol–water partition coefficient (Wildman–Crippen LogP) is 2.90. The lowest BCUT2D eigenvalue weighted by Gasteiger charge is -2.14. The Kier molecular flexibility index (Phi) is 8.03. The number of hydrogen-bond donors (Lipinski definition) is 2. The highest BCUT2D eigenvalue weighted by Crippen LogP contribution is 2.07. The van der Waals surface area contributed by atoms with E-state index in [1.165, 1.54) is 6.20 Å². The van der Waals surface area contributed by atoms with Crippen LogP contribution in [-0.4, -0.2) is 38.9 Å². The van der Waals surface area contributed by atoms with E-state index in [2.05, 4.69) is 29.5 Å². The minimum Gasteiger partial charge on any atom is -0.352 e. The van der Waals surface area contributed by atoms with Crippen molar-refractivity contribution in [3.63, 3.8) is 0 Å². The van der Waals surface area contributed by atoms with Crippen LogP contribution in [0.3, 0.4) is 0 Å². The van der Waals surface area contributed by atoms with E-state index in [0.29, 0.717) is 32.0 Å². The number of fused-ring (bicyclic) bond motifs is 1. The largest absolute Gasteiger partial charge is 0.352 e. The van der Waals surface area contributed by atoms with Crippen molar-refractivity contribution in [3.05, 3.63) is 70.0 Å². The van der Waals surface area contributed by atoms with E-state index in [0.717, 1.165) is 17.8 Å². The smallest absolute Gasteiger partial charge is 0.256 e. The molecule has 3 aromatic rings. The fourth-order valence-electron chi connectivity index (χ4n) is 3.56. The van der Waals surface area contributed by atoms with Crippen LogP contribution in [0.4, 0.5) is 0 Å². The van der Waals surface area contributed by atoms with Gasteiger partial charge >= 0.3 is 0 Å². The van der Waals surface area contributed by atoms with Crippen LogP contribution in [0.25, 0.3) is 5.65 Å². The number of hydrogen-bond acceptors (Lipinski definition) is 4. The summed E-state index contributed by atoms with van der Waals surface area (Å²) in [4.78, 5) is 43.0. The topological polar surface area (TPSA) is 97.5 Å². The molecule has 0 aromatic carbocycles. The Morgan fingerprint density at radius 1 is 0.939 bits per heavy atom. The Balaban J connectivity index is 1.74. The van der Waals surface area contributed by atoms with Gasteiger partial charge in [-0.1, -0.05) is 33.8 Å². The van der Waals surface area contributed by atoms with Crippen LogP contribution in [0.5, 0.6) is 0 Å². The Labute approximate surface area is 194 Å². The Bertz CT molecular complexity index is 1140. The Morgan fingerprint density at radius 2 is 1.61 bits per heavy atom. The molecule has 0 spiro atoms. The molecular formula is C25H33N5O3. The van der Waals surface area contributed by atoms with E-state index in [1.54, 1.807) is 10.8 Å². The molecule has 3 rings (SSSR count). The third-order valence-corrected chi connectivity index (χ3v) is 5.23. The molecule has 2 amide bonds. The molecule has 8 heteroatoms. The van der Waals surface area contributed by atoms with Gasteiger partial charge in [-0.05, 0) is 30.4 Å². The summed E-state index contributed by atoms with van der Waals surface area (Å²) in [5.41, 5.74) is 1.10. The number of rotatable bonds is 10. The van der Waals surface area contributed by atoms with Crippen molar-refractivity contribution in [1.82, 2.24) is 24.6 Å². The minimum atomic E-state index is -0.553. The van der Waals surface area contributed by atoms with Crippen LogP contribution in [-0.2, 0) is 13.0 Å². The molecule has 0 bridgehead atoms. The van der Waals surface area contributed by atoms with Crippen molar-refractivity contribution in [2.75, 3.05) is 13.1 Å². The summed E-state index contributed by atoms with van der Waals surface area (Å²) in [6.07, 6.45) is 8.25. The van der Waals surface area contributed by atoms with E-state index in [9.17, 15) is 14.4 Å². The van der Waals surface area contributed by atoms with E-state index in [1.807, 2.05) is 48.8 Å². The Morgan fingerprint density at radius 3 is 2.21 bits per heavy atom. The van der Waals surface area contributed by atoms with Crippen molar-refractivity contribution in [1.29, 1.82) is 0 Å². The van der Waals surface area contributed by atoms with Crippen molar-refractivity contribution < 1.29 is 9.59 Å². The molecule has 0 saturated heterocycles. The third-order valence-electron chi connectivity index (χ3n) is 5.23. The molecule has 0 atom stereocenters. The number of amides is 2. The van der Waals surface area contributed by atoms with Gasteiger partial charge in [0, 0.05) is 50.8 Å². The molecule has 3 heterocycles. The maximum atomic E-state index is 13.0. The summed E-state index contributed by atoms with van der Waals surface area (Å²) in [6, 6.07) is 5.76. The van der Waals surface area contributed by atoms with Crippen molar-refractivity contribution >= 4 is 17.5 Å². The molecule has 0 aliphatic carbocycles. The van der Waals surface area contributed by atoms with Crippen molar-refractivity contribution in [2.24, 2.45) is 11.8 Å². The molecule has 3 aromatic heterocycles. The quantitative estimate of drug-likeness (QED) is 0.495. The molecule has 176 valence electrons. The SMILES string of the molecule is CC(C)CCNC(=O)c1cn(CC(C)C)cc(C(=O)NCCc2cn3ccccc3n2)c1=O. The predicted molar refractivity (Wildman–Crippen MR) is 129 cm³/mol. The number of nitrogens with zero attached hydrogens (tertiary/aromatic N) is 3. The molecular weight excluding hydrogens is 418 g/mol. The highest BCUT2D eigenvalue weighted by atomic mass is 16.2. The first-order valence-electron chi connectivity index (χ1n) is 11.5. The summed E-state index contributed by atoms with van der Waals surface area (Å²) in [5, 5.41) is 5.60. The summed E-state index contributed by atoms with van der Waals surface area (Å²) >= 11 is 0. The van der Waals surface area contributed by atoms with Crippen LogP contribution >= 0.6 is 0 Å². The van der Waals surface area contributed by atoms with Crippen LogP contribution in [0.2, 0.25) is 0 Å². The standard InChI is InChI=1S/C25H33N5O3/c1-17(2)8-10-26-24(32)20-15-29(13-18(3)4)16-21(23(20)31)25(33)27-11-9-19-14-30-12-6-5-7-22(30)28-19/h5-7,12,14-18H,8-11,13H2,1-4H3,(H,26,32)(H,27,33). The molecule has 0 fully saturated rings. The number of carbonyl (C=O) groups excluding carboxylic acids is 2. The van der Waals surface area contributed by atoms with Gasteiger partial charge in [-0.15, -0.1) is 0 Å². The van der Waals surface area contributed by atoms with Crippen LogP contribution < -0.4 is 16.1 Å². The van der Waals surface area contributed by atoms with Crippen molar-refractivity contribution in [3.8, 4) is 0 Å². The van der Waals surface area contributed by atoms with Crippen LogP contribution in [0.15, 0.2) is 47.8 Å². The van der Waals surface area contributed by atoms with Gasteiger partial charge in [0.2, 0.25) is 5.43 Å². The second-order valence-electron chi connectivity index (χ2n) is 9.15. The van der Waals surface area contributed by atoms with E-state index in [-0.39, 0.29) is 17.0 Å². The molecule has 0 aliphatic heterocycles. The molecule has 0 unspecified atom stereocenters. The lowest BCUT2D eigenvalue weighted by atomic mass is 10.1. The zero-order valence-electron chi connectivity index (χ0n) is 19.8. The lowest BCUT2D eigenvalue weighted by molar-refractivity contribution is 0.0949. The molecule has 0 saturated carbocycles. The highest BCUT2D eigenvalue weighted by molar-refractivity contribution is 5.99. The molecule has 0 radical (unpaired) electrons.